The van der Waals surface area contributed by atoms with Crippen LogP contribution in [0.25, 0.3) is 0 Å². The second kappa shape index (κ2) is 8.27. The predicted molar refractivity (Wildman–Crippen MR) is 58.5 cm³/mol. The van der Waals surface area contributed by atoms with Crippen LogP contribution in [0.1, 0.15) is 27.7 Å². The summed E-state index contributed by atoms with van der Waals surface area (Å²) in [6.07, 6.45) is -1.05. The third-order valence-corrected chi connectivity index (χ3v) is 1.77. The van der Waals surface area contributed by atoms with E-state index in [4.69, 9.17) is 19.2 Å². The lowest BCUT2D eigenvalue weighted by Gasteiger charge is -2.16. The van der Waals surface area contributed by atoms with Gasteiger partial charge in [-0.15, -0.1) is 0 Å². The minimum absolute atomic E-state index is 0.213. The number of rotatable bonds is 8. The minimum atomic E-state index is -0.568. The van der Waals surface area contributed by atoms with E-state index >= 15 is 0 Å². The Labute approximate surface area is 96.2 Å². The smallest absolute Gasteiger partial charge is 0.336 e. The van der Waals surface area contributed by atoms with E-state index in [1.807, 2.05) is 6.92 Å². The van der Waals surface area contributed by atoms with Gasteiger partial charge < -0.3 is 9.47 Å². The molecule has 2 atom stereocenters. The van der Waals surface area contributed by atoms with E-state index in [1.54, 1.807) is 20.8 Å². The Bertz CT molecular complexity index is 226. The third-order valence-electron chi connectivity index (χ3n) is 1.77. The van der Waals surface area contributed by atoms with Crippen molar-refractivity contribution in [3.63, 3.8) is 0 Å². The van der Waals surface area contributed by atoms with Gasteiger partial charge in [-0.2, -0.15) is 0 Å². The Morgan fingerprint density at radius 3 is 2.31 bits per heavy atom. The minimum Gasteiger partial charge on any atom is -0.463 e. The van der Waals surface area contributed by atoms with E-state index in [0.717, 1.165) is 0 Å². The van der Waals surface area contributed by atoms with Crippen molar-refractivity contribution in [2.45, 2.75) is 40.1 Å². The molecule has 2 unspecified atom stereocenters. The van der Waals surface area contributed by atoms with Gasteiger partial charge in [0.25, 0.3) is 0 Å². The van der Waals surface area contributed by atoms with E-state index in [2.05, 4.69) is 6.58 Å². The van der Waals surface area contributed by atoms with Gasteiger partial charge in [0.05, 0.1) is 12.2 Å². The van der Waals surface area contributed by atoms with Crippen molar-refractivity contribution in [1.82, 2.24) is 0 Å². The Hall–Kier alpha value is -0.910. The zero-order chi connectivity index (χ0) is 12.6. The first-order valence-electron chi connectivity index (χ1n) is 5.32. The normalized spacial score (nSPS) is 14.2. The summed E-state index contributed by atoms with van der Waals surface area (Å²) >= 11 is 0. The van der Waals surface area contributed by atoms with Crippen LogP contribution in [0.15, 0.2) is 12.2 Å². The van der Waals surface area contributed by atoms with Crippen molar-refractivity contribution < 1.29 is 24.0 Å². The first-order valence-corrected chi connectivity index (χ1v) is 5.32. The van der Waals surface area contributed by atoms with Crippen molar-refractivity contribution >= 4 is 5.97 Å². The first kappa shape index (κ1) is 15.1. The summed E-state index contributed by atoms with van der Waals surface area (Å²) in [5, 5.41) is 0. The molecule has 0 amide bonds. The fourth-order valence-corrected chi connectivity index (χ4v) is 0.872. The first-order chi connectivity index (χ1) is 7.52. The summed E-state index contributed by atoms with van der Waals surface area (Å²) in [5.41, 5.74) is 0.213. The molecule has 0 fully saturated rings. The molecular formula is C11H20O5. The molecule has 5 heteroatoms. The second-order valence-corrected chi connectivity index (χ2v) is 3.10. The maximum atomic E-state index is 11.3. The average molecular weight is 232 g/mol. The summed E-state index contributed by atoms with van der Waals surface area (Å²) in [6.45, 7) is 11.3. The standard InChI is InChI=1S/C11H20O5/c1-6-13-10(5)16-15-9(4)8(3)11(12)14-7-2/h9-10H,3,6-7H2,1-2,4-5H3. The van der Waals surface area contributed by atoms with E-state index in [9.17, 15) is 4.79 Å². The summed E-state index contributed by atoms with van der Waals surface area (Å²) in [5.74, 6) is -0.484. The monoisotopic (exact) mass is 232 g/mol. The predicted octanol–water partition coefficient (Wildman–Crippen LogP) is 1.82. The Balaban J connectivity index is 3.91. The molecule has 0 aromatic heterocycles. The van der Waals surface area contributed by atoms with Gasteiger partial charge >= 0.3 is 5.97 Å². The molecule has 0 N–H and O–H groups in total. The van der Waals surface area contributed by atoms with Crippen LogP contribution in [-0.4, -0.2) is 31.6 Å². The molecule has 5 nitrogen and oxygen atoms in total. The number of hydrogen-bond acceptors (Lipinski definition) is 5. The van der Waals surface area contributed by atoms with E-state index in [1.165, 1.54) is 0 Å². The SMILES string of the molecule is C=C(C(=O)OCC)C(C)OOC(C)OCC. The number of esters is 1. The van der Waals surface area contributed by atoms with Gasteiger partial charge in [0.2, 0.25) is 0 Å². The molecule has 16 heavy (non-hydrogen) atoms. The highest BCUT2D eigenvalue weighted by Crippen LogP contribution is 2.08. The Morgan fingerprint density at radius 1 is 1.19 bits per heavy atom. The largest absolute Gasteiger partial charge is 0.463 e. The fourth-order valence-electron chi connectivity index (χ4n) is 0.872. The fraction of sp³-hybridized carbons (Fsp3) is 0.727. The van der Waals surface area contributed by atoms with Crippen molar-refractivity contribution in [3.8, 4) is 0 Å². The van der Waals surface area contributed by atoms with Crippen molar-refractivity contribution in [2.24, 2.45) is 0 Å². The van der Waals surface area contributed by atoms with Crippen LogP contribution in [0.2, 0.25) is 0 Å². The second-order valence-electron chi connectivity index (χ2n) is 3.10. The molecule has 0 heterocycles. The Kier molecular flexibility index (Phi) is 7.80. The molecular weight excluding hydrogens is 212 g/mol. The highest BCUT2D eigenvalue weighted by atomic mass is 17.2. The Morgan fingerprint density at radius 2 is 1.81 bits per heavy atom. The van der Waals surface area contributed by atoms with Crippen LogP contribution >= 0.6 is 0 Å². The van der Waals surface area contributed by atoms with Crippen LogP contribution < -0.4 is 0 Å². The molecule has 0 aliphatic carbocycles. The van der Waals surface area contributed by atoms with Gasteiger partial charge in [-0.3, -0.25) is 0 Å². The highest BCUT2D eigenvalue weighted by molar-refractivity contribution is 5.88. The van der Waals surface area contributed by atoms with Gasteiger partial charge in [-0.05, 0) is 27.7 Å². The van der Waals surface area contributed by atoms with Crippen molar-refractivity contribution in [2.75, 3.05) is 13.2 Å². The summed E-state index contributed by atoms with van der Waals surface area (Å²) in [4.78, 5) is 21.1. The number of carbonyl (C=O) groups excluding carboxylic acids is 1. The van der Waals surface area contributed by atoms with Crippen LogP contribution in [-0.2, 0) is 24.0 Å². The maximum absolute atomic E-state index is 11.3. The topological polar surface area (TPSA) is 54.0 Å². The number of ether oxygens (including phenoxy) is 2. The molecule has 0 saturated carbocycles. The summed E-state index contributed by atoms with van der Waals surface area (Å²) in [6, 6.07) is 0. The summed E-state index contributed by atoms with van der Waals surface area (Å²) in [7, 11) is 0. The van der Waals surface area contributed by atoms with E-state index in [-0.39, 0.29) is 5.57 Å². The van der Waals surface area contributed by atoms with Gasteiger partial charge in [-0.25, -0.2) is 14.6 Å². The molecule has 0 spiro atoms. The average Bonchev–Trinajstić information content (AvgIpc) is 2.25. The molecule has 0 aliphatic rings. The number of carbonyl (C=O) groups is 1. The zero-order valence-corrected chi connectivity index (χ0v) is 10.3. The lowest BCUT2D eigenvalue weighted by atomic mass is 10.2. The van der Waals surface area contributed by atoms with Crippen LogP contribution in [0.3, 0.4) is 0 Å². The van der Waals surface area contributed by atoms with Gasteiger partial charge in [0.1, 0.15) is 6.10 Å². The number of hydrogen-bond donors (Lipinski definition) is 0. The maximum Gasteiger partial charge on any atom is 0.336 e. The van der Waals surface area contributed by atoms with Crippen molar-refractivity contribution in [3.05, 3.63) is 12.2 Å². The van der Waals surface area contributed by atoms with Gasteiger partial charge in [-0.1, -0.05) is 6.58 Å². The molecule has 0 aromatic carbocycles. The lowest BCUT2D eigenvalue weighted by Crippen LogP contribution is -2.23. The van der Waals surface area contributed by atoms with Gasteiger partial charge in [0, 0.05) is 6.61 Å². The van der Waals surface area contributed by atoms with Crippen LogP contribution in [0.5, 0.6) is 0 Å². The van der Waals surface area contributed by atoms with Crippen LogP contribution in [0, 0.1) is 0 Å². The van der Waals surface area contributed by atoms with E-state index in [0.29, 0.717) is 13.2 Å². The molecule has 94 valence electrons. The molecule has 0 rings (SSSR count). The third kappa shape index (κ3) is 5.85. The lowest BCUT2D eigenvalue weighted by molar-refractivity contribution is -0.385. The van der Waals surface area contributed by atoms with E-state index < -0.39 is 18.4 Å². The van der Waals surface area contributed by atoms with Crippen molar-refractivity contribution in [1.29, 1.82) is 0 Å². The molecule has 0 aromatic rings. The summed E-state index contributed by atoms with van der Waals surface area (Å²) < 4.78 is 9.86. The molecule has 0 saturated heterocycles. The van der Waals surface area contributed by atoms with Crippen LogP contribution in [0.4, 0.5) is 0 Å². The molecule has 0 aliphatic heterocycles. The zero-order valence-electron chi connectivity index (χ0n) is 10.3. The quantitative estimate of drug-likeness (QED) is 0.210. The highest BCUT2D eigenvalue weighted by Gasteiger charge is 2.18. The van der Waals surface area contributed by atoms with Gasteiger partial charge in [0.15, 0.2) is 6.29 Å². The molecule has 0 bridgehead atoms. The molecule has 0 radical (unpaired) electrons.